The van der Waals surface area contributed by atoms with E-state index in [0.29, 0.717) is 13.0 Å². The Hall–Kier alpha value is -0.830. The number of nitrogens with one attached hydrogen (secondary N) is 1. The van der Waals surface area contributed by atoms with Crippen molar-refractivity contribution in [1.82, 2.24) is 5.32 Å². The Bertz CT molecular complexity index is 264. The number of hydrogen-bond donors (Lipinski definition) is 2. The lowest BCUT2D eigenvalue weighted by Gasteiger charge is -2.03. The number of rotatable bonds is 16. The number of carbonyl (C=O) groups is 1. The average molecular weight is 312 g/mol. The lowest BCUT2D eigenvalue weighted by Crippen LogP contribution is -2.25. The molecule has 0 aliphatic carbocycles. The highest BCUT2D eigenvalue weighted by Gasteiger charge is 1.99. The van der Waals surface area contributed by atoms with Crippen LogP contribution in [-0.4, -0.2) is 24.2 Å². The van der Waals surface area contributed by atoms with Crippen LogP contribution < -0.4 is 5.32 Å². The second kappa shape index (κ2) is 18.2. The van der Waals surface area contributed by atoms with Gasteiger partial charge < -0.3 is 10.4 Å². The van der Waals surface area contributed by atoms with Crippen molar-refractivity contribution in [3.8, 4) is 0 Å². The van der Waals surface area contributed by atoms with E-state index in [1.165, 1.54) is 64.2 Å². The maximum absolute atomic E-state index is 11.3. The molecule has 0 aliphatic rings. The Labute approximate surface area is 137 Å². The normalized spacial score (nSPS) is 11.2. The van der Waals surface area contributed by atoms with Gasteiger partial charge in [0.25, 0.3) is 0 Å². The fraction of sp³-hybridized carbons (Fsp3) is 0.842. The van der Waals surface area contributed by atoms with Crippen LogP contribution in [0.1, 0.15) is 90.4 Å². The van der Waals surface area contributed by atoms with E-state index in [9.17, 15) is 4.79 Å². The molecule has 0 atom stereocenters. The summed E-state index contributed by atoms with van der Waals surface area (Å²) in [7, 11) is 0. The molecular formula is C19H37NO2. The van der Waals surface area contributed by atoms with Crippen LogP contribution in [0.25, 0.3) is 0 Å². The van der Waals surface area contributed by atoms with E-state index >= 15 is 0 Å². The predicted molar refractivity (Wildman–Crippen MR) is 94.9 cm³/mol. The first-order valence-electron chi connectivity index (χ1n) is 9.33. The lowest BCUT2D eigenvalue weighted by atomic mass is 10.1. The van der Waals surface area contributed by atoms with Gasteiger partial charge >= 0.3 is 0 Å². The molecule has 0 saturated heterocycles. The number of allylic oxidation sites excluding steroid dienone is 2. The summed E-state index contributed by atoms with van der Waals surface area (Å²) in [6.45, 7) is 2.66. The van der Waals surface area contributed by atoms with Gasteiger partial charge in [0, 0.05) is 13.0 Å². The molecule has 0 aliphatic heterocycles. The van der Waals surface area contributed by atoms with Crippen molar-refractivity contribution in [1.29, 1.82) is 0 Å². The largest absolute Gasteiger partial charge is 0.395 e. The summed E-state index contributed by atoms with van der Waals surface area (Å²) in [5.74, 6) is 0.0677. The van der Waals surface area contributed by atoms with Crippen molar-refractivity contribution < 1.29 is 9.90 Å². The maximum atomic E-state index is 11.3. The minimum absolute atomic E-state index is 0.0267. The minimum Gasteiger partial charge on any atom is -0.395 e. The molecule has 0 heterocycles. The average Bonchev–Trinajstić information content (AvgIpc) is 2.53. The lowest BCUT2D eigenvalue weighted by molar-refractivity contribution is -0.121. The van der Waals surface area contributed by atoms with E-state index in [4.69, 9.17) is 5.11 Å². The molecular weight excluding hydrogens is 274 g/mol. The quantitative estimate of drug-likeness (QED) is 0.319. The molecule has 0 fully saturated rings. The molecule has 0 spiro atoms. The number of amides is 1. The van der Waals surface area contributed by atoms with Crippen LogP contribution in [0, 0.1) is 0 Å². The predicted octanol–water partition coefficient (Wildman–Crippen LogP) is 4.74. The molecule has 0 aromatic carbocycles. The van der Waals surface area contributed by atoms with Gasteiger partial charge in [0.2, 0.25) is 5.91 Å². The van der Waals surface area contributed by atoms with Crippen LogP contribution in [0.5, 0.6) is 0 Å². The molecule has 3 nitrogen and oxygen atoms in total. The van der Waals surface area contributed by atoms with Gasteiger partial charge in [-0.3, -0.25) is 4.79 Å². The molecule has 0 saturated carbocycles. The van der Waals surface area contributed by atoms with E-state index in [0.717, 1.165) is 12.8 Å². The highest BCUT2D eigenvalue weighted by atomic mass is 16.3. The fourth-order valence-electron chi connectivity index (χ4n) is 2.46. The van der Waals surface area contributed by atoms with Gasteiger partial charge in [0.15, 0.2) is 0 Å². The van der Waals surface area contributed by atoms with E-state index in [-0.39, 0.29) is 12.5 Å². The molecule has 130 valence electrons. The summed E-state index contributed by atoms with van der Waals surface area (Å²) >= 11 is 0. The van der Waals surface area contributed by atoms with E-state index < -0.39 is 0 Å². The summed E-state index contributed by atoms with van der Waals surface area (Å²) < 4.78 is 0. The van der Waals surface area contributed by atoms with Crippen LogP contribution >= 0.6 is 0 Å². The minimum atomic E-state index is 0.0267. The van der Waals surface area contributed by atoms with Gasteiger partial charge in [0.05, 0.1) is 6.61 Å². The first-order valence-corrected chi connectivity index (χ1v) is 9.33. The third-order valence-electron chi connectivity index (χ3n) is 3.85. The van der Waals surface area contributed by atoms with E-state index in [2.05, 4.69) is 24.4 Å². The number of hydrogen-bond acceptors (Lipinski definition) is 2. The van der Waals surface area contributed by atoms with E-state index in [1.54, 1.807) is 0 Å². The molecule has 0 aromatic heterocycles. The van der Waals surface area contributed by atoms with Crippen molar-refractivity contribution in [2.24, 2.45) is 0 Å². The maximum Gasteiger partial charge on any atom is 0.220 e. The Morgan fingerprint density at radius 1 is 0.864 bits per heavy atom. The molecule has 0 rings (SSSR count). The Kier molecular flexibility index (Phi) is 17.5. The van der Waals surface area contributed by atoms with Gasteiger partial charge in [-0.15, -0.1) is 0 Å². The molecule has 3 heteroatoms. The molecule has 0 aromatic rings. The van der Waals surface area contributed by atoms with Gasteiger partial charge in [-0.1, -0.05) is 64.0 Å². The standard InChI is InChI=1S/C19H37NO2/c1-2-3-4-5-6-7-8-9-10-11-12-13-14-15-16-19(22)20-17-18-21/h7-8,21H,2-6,9-18H2,1H3,(H,20,22)/b8-7-. The SMILES string of the molecule is CCCCCC/C=C\CCCCCCCCC(=O)NCCO. The van der Waals surface area contributed by atoms with Gasteiger partial charge in [-0.05, 0) is 32.1 Å². The number of aliphatic hydroxyl groups excluding tert-OH is 1. The zero-order chi connectivity index (χ0) is 16.3. The summed E-state index contributed by atoms with van der Waals surface area (Å²) in [6, 6.07) is 0. The first-order chi connectivity index (χ1) is 10.8. The van der Waals surface area contributed by atoms with Gasteiger partial charge in [-0.2, -0.15) is 0 Å². The van der Waals surface area contributed by atoms with Crippen molar-refractivity contribution >= 4 is 5.91 Å². The summed E-state index contributed by atoms with van der Waals surface area (Å²) in [4.78, 5) is 11.3. The molecule has 1 amide bonds. The molecule has 0 radical (unpaired) electrons. The second-order valence-corrected chi connectivity index (χ2v) is 6.05. The van der Waals surface area contributed by atoms with Crippen LogP contribution in [0.2, 0.25) is 0 Å². The molecule has 22 heavy (non-hydrogen) atoms. The molecule has 2 N–H and O–H groups in total. The fourth-order valence-corrected chi connectivity index (χ4v) is 2.46. The van der Waals surface area contributed by atoms with Crippen LogP contribution in [0.3, 0.4) is 0 Å². The highest BCUT2D eigenvalue weighted by molar-refractivity contribution is 5.75. The van der Waals surface area contributed by atoms with Crippen molar-refractivity contribution in [2.75, 3.05) is 13.2 Å². The smallest absolute Gasteiger partial charge is 0.220 e. The van der Waals surface area contributed by atoms with Crippen molar-refractivity contribution in [3.63, 3.8) is 0 Å². The van der Waals surface area contributed by atoms with Gasteiger partial charge in [-0.25, -0.2) is 0 Å². The molecule has 0 bridgehead atoms. The Morgan fingerprint density at radius 2 is 1.41 bits per heavy atom. The highest BCUT2D eigenvalue weighted by Crippen LogP contribution is 2.09. The topological polar surface area (TPSA) is 49.3 Å². The van der Waals surface area contributed by atoms with Gasteiger partial charge in [0.1, 0.15) is 0 Å². The summed E-state index contributed by atoms with van der Waals surface area (Å²) in [6.07, 6.45) is 20.4. The third-order valence-corrected chi connectivity index (χ3v) is 3.85. The van der Waals surface area contributed by atoms with E-state index in [1.807, 2.05) is 0 Å². The zero-order valence-electron chi connectivity index (χ0n) is 14.6. The monoisotopic (exact) mass is 311 g/mol. The summed E-state index contributed by atoms with van der Waals surface area (Å²) in [5.41, 5.74) is 0. The Morgan fingerprint density at radius 3 is 2.00 bits per heavy atom. The Balaban J connectivity index is 3.14. The number of carbonyl (C=O) groups excluding carboxylic acids is 1. The van der Waals surface area contributed by atoms with Crippen molar-refractivity contribution in [3.05, 3.63) is 12.2 Å². The van der Waals surface area contributed by atoms with Crippen LogP contribution in [0.15, 0.2) is 12.2 Å². The number of unbranched alkanes of at least 4 members (excludes halogenated alkanes) is 10. The second-order valence-electron chi connectivity index (χ2n) is 6.05. The first kappa shape index (κ1) is 21.2. The van der Waals surface area contributed by atoms with Crippen LogP contribution in [-0.2, 0) is 4.79 Å². The molecule has 0 unspecified atom stereocenters. The van der Waals surface area contributed by atoms with Crippen LogP contribution in [0.4, 0.5) is 0 Å². The summed E-state index contributed by atoms with van der Waals surface area (Å²) in [5, 5.41) is 11.3. The van der Waals surface area contributed by atoms with Crippen molar-refractivity contribution in [2.45, 2.75) is 90.4 Å². The third kappa shape index (κ3) is 17.2. The zero-order valence-corrected chi connectivity index (χ0v) is 14.6. The number of aliphatic hydroxyl groups is 1.